The Morgan fingerprint density at radius 1 is 1.12 bits per heavy atom. The molecule has 5 heteroatoms. The van der Waals surface area contributed by atoms with Crippen LogP contribution in [0, 0.1) is 0 Å². The van der Waals surface area contributed by atoms with E-state index in [-0.39, 0.29) is 0 Å². The van der Waals surface area contributed by atoms with Crippen LogP contribution in [0.4, 0.5) is 0 Å². The van der Waals surface area contributed by atoms with Gasteiger partial charge in [0, 0.05) is 0 Å². The zero-order valence-electron chi connectivity index (χ0n) is 10.0. The van der Waals surface area contributed by atoms with Crippen molar-refractivity contribution in [1.82, 2.24) is 10.1 Å². The van der Waals surface area contributed by atoms with Crippen molar-refractivity contribution in [2.75, 3.05) is 0 Å². The Labute approximate surface area is 99.6 Å². The Morgan fingerprint density at radius 3 is 2.00 bits per heavy atom. The normalized spacial score (nSPS) is 26.4. The average molecular weight is 242 g/mol. The molecule has 0 saturated carbocycles. The number of thiophene rings is 1. The fraction of sp³-hybridized carbons (Fsp3) is 0.636. The molecule has 2 heterocycles. The van der Waals surface area contributed by atoms with E-state index in [1.54, 1.807) is 11.3 Å². The van der Waals surface area contributed by atoms with Gasteiger partial charge >= 0.3 is 0 Å². The Balaban J connectivity index is 2.44. The fourth-order valence-corrected chi connectivity index (χ4v) is 2.65. The Hall–Kier alpha value is -0.460. The molecule has 1 aromatic heterocycles. The third-order valence-corrected chi connectivity index (χ3v) is 4.65. The van der Waals surface area contributed by atoms with Gasteiger partial charge < -0.3 is 10.4 Å². The maximum atomic E-state index is 10.2. The van der Waals surface area contributed by atoms with Gasteiger partial charge in [0.2, 0.25) is 0 Å². The topological polar surface area (TPSA) is 46.9 Å². The minimum atomic E-state index is -0.519. The third-order valence-electron chi connectivity index (χ3n) is 3.95. The predicted molar refractivity (Wildman–Crippen MR) is 62.5 cm³/mol. The monoisotopic (exact) mass is 242 g/mol. The molecule has 1 aliphatic heterocycles. The average Bonchev–Trinajstić information content (AvgIpc) is 2.73. The van der Waals surface area contributed by atoms with Crippen LogP contribution >= 0.6 is 11.3 Å². The van der Waals surface area contributed by atoms with E-state index in [4.69, 9.17) is 0 Å². The van der Waals surface area contributed by atoms with Gasteiger partial charge in [0.05, 0.1) is 11.1 Å². The second-order valence-corrected chi connectivity index (χ2v) is 6.02. The number of nitrogens with zero attached hydrogens (tertiary/aromatic N) is 2. The summed E-state index contributed by atoms with van der Waals surface area (Å²) in [6, 6.07) is 1.92. The van der Waals surface area contributed by atoms with Crippen LogP contribution in [0.1, 0.15) is 39.4 Å². The second-order valence-electron chi connectivity index (χ2n) is 5.24. The van der Waals surface area contributed by atoms with Crippen LogP contribution < -0.4 is 0 Å². The van der Waals surface area contributed by atoms with Crippen molar-refractivity contribution in [1.29, 1.82) is 0 Å². The van der Waals surface area contributed by atoms with Gasteiger partial charge in [0.25, 0.3) is 0 Å². The number of hydroxylamine groups is 4. The molecular formula is C11H18N2O2S. The maximum Gasteiger partial charge on any atom is 0.137 e. The second kappa shape index (κ2) is 3.51. The van der Waals surface area contributed by atoms with Gasteiger partial charge in [-0.15, -0.1) is 0 Å². The van der Waals surface area contributed by atoms with Gasteiger partial charge in [0.15, 0.2) is 0 Å². The highest BCUT2D eigenvalue weighted by atomic mass is 32.1. The molecular weight excluding hydrogens is 224 g/mol. The first-order chi connectivity index (χ1) is 7.30. The first-order valence-electron chi connectivity index (χ1n) is 5.28. The SMILES string of the molecule is CC1(C)N(O)C(c2ccsc2)N(O)C1(C)C. The molecule has 2 rings (SSSR count). The number of rotatable bonds is 1. The highest BCUT2D eigenvalue weighted by Crippen LogP contribution is 2.47. The van der Waals surface area contributed by atoms with Crippen LogP contribution in [-0.4, -0.2) is 31.6 Å². The molecule has 90 valence electrons. The van der Waals surface area contributed by atoms with E-state index < -0.39 is 17.2 Å². The van der Waals surface area contributed by atoms with E-state index in [9.17, 15) is 10.4 Å². The van der Waals surface area contributed by atoms with Crippen LogP contribution in [0.3, 0.4) is 0 Å². The van der Waals surface area contributed by atoms with Crippen LogP contribution in [0.25, 0.3) is 0 Å². The molecule has 4 nitrogen and oxygen atoms in total. The minimum Gasteiger partial charge on any atom is -0.311 e. The smallest absolute Gasteiger partial charge is 0.137 e. The van der Waals surface area contributed by atoms with Gasteiger partial charge in [-0.2, -0.15) is 21.5 Å². The summed E-state index contributed by atoms with van der Waals surface area (Å²) in [4.78, 5) is 0. The number of hydrogen-bond acceptors (Lipinski definition) is 5. The van der Waals surface area contributed by atoms with Crippen LogP contribution in [0.5, 0.6) is 0 Å². The van der Waals surface area contributed by atoms with E-state index >= 15 is 0 Å². The summed E-state index contributed by atoms with van der Waals surface area (Å²) >= 11 is 1.56. The molecule has 2 N–H and O–H groups in total. The Kier molecular flexibility index (Phi) is 2.64. The lowest BCUT2D eigenvalue weighted by atomic mass is 9.84. The summed E-state index contributed by atoms with van der Waals surface area (Å²) in [6.45, 7) is 7.68. The van der Waals surface area contributed by atoms with Crippen molar-refractivity contribution in [3.63, 3.8) is 0 Å². The molecule has 0 spiro atoms. The molecule has 0 atom stereocenters. The van der Waals surface area contributed by atoms with Gasteiger partial charge in [-0.1, -0.05) is 0 Å². The molecule has 0 unspecified atom stereocenters. The summed E-state index contributed by atoms with van der Waals surface area (Å²) in [6.07, 6.45) is -0.490. The largest absolute Gasteiger partial charge is 0.311 e. The minimum absolute atomic E-state index is 0.490. The van der Waals surface area contributed by atoms with Gasteiger partial charge in [0.1, 0.15) is 6.17 Å². The van der Waals surface area contributed by atoms with E-state index in [0.717, 1.165) is 5.56 Å². The highest BCUT2D eigenvalue weighted by Gasteiger charge is 2.58. The summed E-state index contributed by atoms with van der Waals surface area (Å²) in [5.41, 5.74) is -0.128. The first-order valence-corrected chi connectivity index (χ1v) is 6.23. The zero-order chi connectivity index (χ0) is 12.1. The Morgan fingerprint density at radius 2 is 1.62 bits per heavy atom. The summed E-state index contributed by atoms with van der Waals surface area (Å²) in [7, 11) is 0. The highest BCUT2D eigenvalue weighted by molar-refractivity contribution is 7.07. The lowest BCUT2D eigenvalue weighted by molar-refractivity contribution is -0.223. The lowest BCUT2D eigenvalue weighted by Gasteiger charge is -2.37. The van der Waals surface area contributed by atoms with Crippen molar-refractivity contribution in [3.8, 4) is 0 Å². The molecule has 0 aromatic carbocycles. The summed E-state index contributed by atoms with van der Waals surface area (Å²) in [5, 5.41) is 26.8. The van der Waals surface area contributed by atoms with E-state index in [2.05, 4.69) is 0 Å². The van der Waals surface area contributed by atoms with Crippen molar-refractivity contribution >= 4 is 11.3 Å². The van der Waals surface area contributed by atoms with E-state index in [1.165, 1.54) is 10.1 Å². The predicted octanol–water partition coefficient (Wildman–Crippen LogP) is 2.70. The number of hydrogen-bond donors (Lipinski definition) is 2. The molecule has 0 amide bonds. The zero-order valence-corrected chi connectivity index (χ0v) is 10.8. The van der Waals surface area contributed by atoms with Crippen LogP contribution in [-0.2, 0) is 0 Å². The molecule has 1 fully saturated rings. The van der Waals surface area contributed by atoms with Crippen LogP contribution in [0.2, 0.25) is 0 Å². The summed E-state index contributed by atoms with van der Waals surface area (Å²) in [5.74, 6) is 0. The maximum absolute atomic E-state index is 10.2. The molecule has 16 heavy (non-hydrogen) atoms. The van der Waals surface area contributed by atoms with Crippen molar-refractivity contribution in [3.05, 3.63) is 22.4 Å². The fourth-order valence-electron chi connectivity index (χ4n) is 1.98. The first kappa shape index (κ1) is 12.0. The third kappa shape index (κ3) is 1.36. The van der Waals surface area contributed by atoms with Gasteiger partial charge in [-0.25, -0.2) is 0 Å². The lowest BCUT2D eigenvalue weighted by Crippen LogP contribution is -2.52. The van der Waals surface area contributed by atoms with Crippen molar-refractivity contribution in [2.24, 2.45) is 0 Å². The molecule has 0 aliphatic carbocycles. The Bertz CT molecular complexity index is 355. The molecule has 1 aromatic rings. The molecule has 1 saturated heterocycles. The van der Waals surface area contributed by atoms with E-state index in [1.807, 2.05) is 44.5 Å². The van der Waals surface area contributed by atoms with Gasteiger partial charge in [-0.3, -0.25) is 0 Å². The molecule has 1 aliphatic rings. The van der Waals surface area contributed by atoms with Crippen molar-refractivity contribution in [2.45, 2.75) is 44.9 Å². The van der Waals surface area contributed by atoms with Crippen LogP contribution in [0.15, 0.2) is 16.8 Å². The van der Waals surface area contributed by atoms with Crippen molar-refractivity contribution < 1.29 is 10.4 Å². The molecule has 0 radical (unpaired) electrons. The summed E-state index contributed by atoms with van der Waals surface area (Å²) < 4.78 is 0. The van der Waals surface area contributed by atoms with E-state index in [0.29, 0.717) is 0 Å². The quantitative estimate of drug-likeness (QED) is 0.795. The van der Waals surface area contributed by atoms with Gasteiger partial charge in [-0.05, 0) is 50.1 Å². The molecule has 0 bridgehead atoms. The standard InChI is InChI=1S/C11H18N2O2S/c1-10(2)11(3,4)13(15)9(12(10)14)8-5-6-16-7-8/h5-7,9,14-15H,1-4H3.